The monoisotopic (exact) mass is 404 g/mol. The predicted octanol–water partition coefficient (Wildman–Crippen LogP) is 3.70. The molecule has 3 heterocycles. The molecule has 0 spiro atoms. The highest BCUT2D eigenvalue weighted by Gasteiger charge is 2.31. The average Bonchev–Trinajstić information content (AvgIpc) is 3.50. The maximum Gasteiger partial charge on any atom is 0.289 e. The van der Waals surface area contributed by atoms with Gasteiger partial charge in [-0.3, -0.25) is 4.79 Å². The maximum absolute atomic E-state index is 13.2. The van der Waals surface area contributed by atoms with Crippen LogP contribution in [0, 0.1) is 5.92 Å². The zero-order chi connectivity index (χ0) is 20.1. The van der Waals surface area contributed by atoms with Crippen LogP contribution in [-0.4, -0.2) is 67.7 Å². The second-order valence-electron chi connectivity index (χ2n) is 8.96. The molecule has 1 aromatic heterocycles. The minimum atomic E-state index is -0.0129. The molecule has 3 aliphatic rings. The van der Waals surface area contributed by atoms with Gasteiger partial charge in [-0.05, 0) is 69.7 Å². The molecular formula is C23H36N2O4. The van der Waals surface area contributed by atoms with Gasteiger partial charge < -0.3 is 23.7 Å². The molecule has 0 radical (unpaired) electrons. The van der Waals surface area contributed by atoms with Crippen molar-refractivity contribution < 1.29 is 18.7 Å². The number of piperidine rings is 1. The van der Waals surface area contributed by atoms with Crippen molar-refractivity contribution in [1.29, 1.82) is 0 Å². The topological polar surface area (TPSA) is 55.2 Å². The van der Waals surface area contributed by atoms with Gasteiger partial charge in [0.05, 0.1) is 6.10 Å². The molecule has 1 saturated carbocycles. The fourth-order valence-electron chi connectivity index (χ4n) is 5.22. The van der Waals surface area contributed by atoms with Gasteiger partial charge in [-0.25, -0.2) is 0 Å². The van der Waals surface area contributed by atoms with Crippen molar-refractivity contribution in [2.45, 2.75) is 70.1 Å². The summed E-state index contributed by atoms with van der Waals surface area (Å²) < 4.78 is 16.7. The Balaban J connectivity index is 1.36. The van der Waals surface area contributed by atoms with Crippen LogP contribution in [0.5, 0.6) is 0 Å². The summed E-state index contributed by atoms with van der Waals surface area (Å²) in [6.07, 6.45) is 10.2. The molecule has 0 bridgehead atoms. The van der Waals surface area contributed by atoms with Crippen molar-refractivity contribution in [3.05, 3.63) is 23.7 Å². The van der Waals surface area contributed by atoms with Crippen molar-refractivity contribution in [2.24, 2.45) is 5.92 Å². The maximum atomic E-state index is 13.2. The van der Waals surface area contributed by atoms with Crippen molar-refractivity contribution >= 4 is 5.91 Å². The van der Waals surface area contributed by atoms with Crippen LogP contribution in [0.25, 0.3) is 0 Å². The van der Waals surface area contributed by atoms with E-state index in [0.29, 0.717) is 30.6 Å². The van der Waals surface area contributed by atoms with E-state index in [1.807, 2.05) is 11.0 Å². The fourth-order valence-corrected chi connectivity index (χ4v) is 5.22. The summed E-state index contributed by atoms with van der Waals surface area (Å²) in [4.78, 5) is 17.9. The molecule has 1 aliphatic carbocycles. The van der Waals surface area contributed by atoms with Crippen LogP contribution in [0.4, 0.5) is 0 Å². The van der Waals surface area contributed by atoms with Gasteiger partial charge in [0.25, 0.3) is 5.91 Å². The van der Waals surface area contributed by atoms with E-state index in [1.54, 1.807) is 13.2 Å². The highest BCUT2D eigenvalue weighted by atomic mass is 16.5. The van der Waals surface area contributed by atoms with Gasteiger partial charge in [0.2, 0.25) is 0 Å². The number of carbonyl (C=O) groups excluding carboxylic acids is 1. The molecule has 4 rings (SSSR count). The number of ether oxygens (including phenoxy) is 2. The third-order valence-corrected chi connectivity index (χ3v) is 6.86. The number of furan rings is 1. The van der Waals surface area contributed by atoms with Crippen LogP contribution in [-0.2, 0) is 16.1 Å². The predicted molar refractivity (Wildman–Crippen MR) is 111 cm³/mol. The van der Waals surface area contributed by atoms with E-state index >= 15 is 0 Å². The highest BCUT2D eigenvalue weighted by Crippen LogP contribution is 2.29. The Morgan fingerprint density at radius 2 is 1.90 bits per heavy atom. The van der Waals surface area contributed by atoms with Crippen LogP contribution >= 0.6 is 0 Å². The SMILES string of the molecule is COCc1ccc(C(=O)N(CC2CCN(C3CCCC3)CC2)C[C@@H]2CCCO2)o1. The van der Waals surface area contributed by atoms with Gasteiger partial charge in [0, 0.05) is 32.8 Å². The van der Waals surface area contributed by atoms with Gasteiger partial charge in [0.15, 0.2) is 5.76 Å². The van der Waals surface area contributed by atoms with Crippen LogP contribution in [0.15, 0.2) is 16.5 Å². The van der Waals surface area contributed by atoms with Crippen LogP contribution in [0.2, 0.25) is 0 Å². The summed E-state index contributed by atoms with van der Waals surface area (Å²) in [5, 5.41) is 0. The van der Waals surface area contributed by atoms with Crippen molar-refractivity contribution in [3.8, 4) is 0 Å². The summed E-state index contributed by atoms with van der Waals surface area (Å²) in [6, 6.07) is 4.42. The molecule has 2 saturated heterocycles. The molecule has 0 N–H and O–H groups in total. The molecule has 3 fully saturated rings. The van der Waals surface area contributed by atoms with Crippen LogP contribution in [0.1, 0.15) is 67.7 Å². The molecule has 162 valence electrons. The lowest BCUT2D eigenvalue weighted by Crippen LogP contribution is -2.45. The third kappa shape index (κ3) is 5.41. The van der Waals surface area contributed by atoms with E-state index in [0.717, 1.165) is 32.0 Å². The number of hydrogen-bond acceptors (Lipinski definition) is 5. The van der Waals surface area contributed by atoms with E-state index in [1.165, 1.54) is 51.6 Å². The summed E-state index contributed by atoms with van der Waals surface area (Å²) in [6.45, 7) is 5.02. The lowest BCUT2D eigenvalue weighted by atomic mass is 9.94. The minimum Gasteiger partial charge on any atom is -0.453 e. The molecule has 2 aliphatic heterocycles. The number of amides is 1. The Hall–Kier alpha value is -1.37. The van der Waals surface area contributed by atoms with E-state index < -0.39 is 0 Å². The number of nitrogens with zero attached hydrogens (tertiary/aromatic N) is 2. The average molecular weight is 405 g/mol. The molecule has 1 atom stereocenters. The Morgan fingerprint density at radius 1 is 1.10 bits per heavy atom. The Kier molecular flexibility index (Phi) is 7.27. The summed E-state index contributed by atoms with van der Waals surface area (Å²) in [5.74, 6) is 1.66. The zero-order valence-electron chi connectivity index (χ0n) is 17.8. The molecule has 29 heavy (non-hydrogen) atoms. The van der Waals surface area contributed by atoms with E-state index in [9.17, 15) is 4.79 Å². The minimum absolute atomic E-state index is 0.0129. The second-order valence-corrected chi connectivity index (χ2v) is 8.96. The number of hydrogen-bond donors (Lipinski definition) is 0. The first-order valence-corrected chi connectivity index (χ1v) is 11.5. The first-order chi connectivity index (χ1) is 14.2. The molecule has 0 aromatic carbocycles. The van der Waals surface area contributed by atoms with Crippen molar-refractivity contribution in [2.75, 3.05) is 39.9 Å². The Morgan fingerprint density at radius 3 is 2.59 bits per heavy atom. The summed E-state index contributed by atoms with van der Waals surface area (Å²) >= 11 is 0. The molecule has 6 heteroatoms. The van der Waals surface area contributed by atoms with E-state index in [2.05, 4.69) is 4.90 Å². The standard InChI is InChI=1S/C23H36N2O4/c1-27-17-21-8-9-22(29-21)23(26)25(16-20-7-4-14-28-20)15-18-10-12-24(13-11-18)19-5-2-3-6-19/h8-9,18-20H,2-7,10-17H2,1H3/t20-/m0/s1. The first-order valence-electron chi connectivity index (χ1n) is 11.5. The quantitative estimate of drug-likeness (QED) is 0.661. The van der Waals surface area contributed by atoms with Gasteiger partial charge in [0.1, 0.15) is 12.4 Å². The van der Waals surface area contributed by atoms with Crippen molar-refractivity contribution in [3.63, 3.8) is 0 Å². The van der Waals surface area contributed by atoms with Crippen molar-refractivity contribution in [1.82, 2.24) is 9.80 Å². The zero-order valence-corrected chi connectivity index (χ0v) is 17.8. The number of likely N-dealkylation sites (tertiary alicyclic amines) is 1. The van der Waals surface area contributed by atoms with Gasteiger partial charge in [-0.15, -0.1) is 0 Å². The molecule has 6 nitrogen and oxygen atoms in total. The van der Waals surface area contributed by atoms with Crippen LogP contribution < -0.4 is 0 Å². The number of carbonyl (C=O) groups is 1. The molecule has 1 amide bonds. The largest absolute Gasteiger partial charge is 0.453 e. The Bertz CT molecular complexity index is 641. The molecule has 1 aromatic rings. The fraction of sp³-hybridized carbons (Fsp3) is 0.783. The lowest BCUT2D eigenvalue weighted by molar-refractivity contribution is 0.0404. The smallest absolute Gasteiger partial charge is 0.289 e. The second kappa shape index (κ2) is 10.1. The Labute approximate surface area is 174 Å². The lowest BCUT2D eigenvalue weighted by Gasteiger charge is -2.38. The van der Waals surface area contributed by atoms with Gasteiger partial charge in [-0.2, -0.15) is 0 Å². The van der Waals surface area contributed by atoms with Gasteiger partial charge >= 0.3 is 0 Å². The third-order valence-electron chi connectivity index (χ3n) is 6.86. The first kappa shape index (κ1) is 20.9. The van der Waals surface area contributed by atoms with Crippen LogP contribution in [0.3, 0.4) is 0 Å². The highest BCUT2D eigenvalue weighted by molar-refractivity contribution is 5.91. The van der Waals surface area contributed by atoms with E-state index in [4.69, 9.17) is 13.9 Å². The number of methoxy groups -OCH3 is 1. The summed E-state index contributed by atoms with van der Waals surface area (Å²) in [5.41, 5.74) is 0. The van der Waals surface area contributed by atoms with Gasteiger partial charge in [-0.1, -0.05) is 12.8 Å². The normalized spacial score (nSPS) is 24.4. The number of rotatable bonds is 8. The molecule has 0 unspecified atom stereocenters. The molecular weight excluding hydrogens is 368 g/mol. The summed E-state index contributed by atoms with van der Waals surface area (Å²) in [7, 11) is 1.63. The van der Waals surface area contributed by atoms with E-state index in [-0.39, 0.29) is 12.0 Å².